The second kappa shape index (κ2) is 5.89. The molecular formula is C13H19ClN2O3S. The van der Waals surface area contributed by atoms with Gasteiger partial charge in [-0.25, -0.2) is 8.42 Å². The van der Waals surface area contributed by atoms with E-state index in [0.717, 1.165) is 12.8 Å². The van der Waals surface area contributed by atoms with Gasteiger partial charge in [0, 0.05) is 30.4 Å². The Hall–Kier alpha value is -0.820. The van der Waals surface area contributed by atoms with Crippen molar-refractivity contribution in [2.75, 3.05) is 25.4 Å². The summed E-state index contributed by atoms with van der Waals surface area (Å²) in [6.07, 6.45) is 1.60. The van der Waals surface area contributed by atoms with Gasteiger partial charge in [-0.15, -0.1) is 0 Å². The fourth-order valence-electron chi connectivity index (χ4n) is 2.37. The number of hydrogen-bond acceptors (Lipinski definition) is 4. The van der Waals surface area contributed by atoms with Gasteiger partial charge in [0.15, 0.2) is 0 Å². The molecule has 20 heavy (non-hydrogen) atoms. The summed E-state index contributed by atoms with van der Waals surface area (Å²) in [5.41, 5.74) is 6.84. The molecule has 2 rings (SSSR count). The number of sulfonamides is 1. The average Bonchev–Trinajstić information content (AvgIpc) is 2.44. The molecule has 1 aromatic rings. The lowest BCUT2D eigenvalue weighted by molar-refractivity contribution is 0.165. The summed E-state index contributed by atoms with van der Waals surface area (Å²) in [5.74, 6) is -0.00297. The molecule has 1 saturated heterocycles. The second-order valence-corrected chi connectivity index (χ2v) is 7.52. The van der Waals surface area contributed by atoms with E-state index in [0.29, 0.717) is 29.4 Å². The third kappa shape index (κ3) is 2.93. The minimum absolute atomic E-state index is 0.00279. The largest absolute Gasteiger partial charge is 0.398 e. The number of benzene rings is 1. The highest BCUT2D eigenvalue weighted by atomic mass is 35.5. The number of nitrogens with zero attached hydrogens (tertiary/aromatic N) is 1. The molecule has 0 saturated carbocycles. The molecule has 1 fully saturated rings. The predicted octanol–water partition coefficient (Wildman–Crippen LogP) is 1.62. The van der Waals surface area contributed by atoms with Crippen molar-refractivity contribution in [2.45, 2.75) is 24.7 Å². The number of nitrogens with two attached hydrogens (primary N) is 1. The molecule has 1 heterocycles. The van der Waals surface area contributed by atoms with Crippen LogP contribution >= 0.6 is 11.6 Å². The molecule has 0 spiro atoms. The molecule has 0 aliphatic carbocycles. The Bertz CT molecular complexity index is 581. The number of aliphatic hydroxyl groups is 1. The van der Waals surface area contributed by atoms with E-state index in [2.05, 4.69) is 0 Å². The summed E-state index contributed by atoms with van der Waals surface area (Å²) in [7, 11) is -3.61. The van der Waals surface area contributed by atoms with Gasteiger partial charge in [-0.05, 0) is 43.4 Å². The first-order chi connectivity index (χ1) is 9.36. The van der Waals surface area contributed by atoms with Gasteiger partial charge < -0.3 is 10.8 Å². The van der Waals surface area contributed by atoms with Crippen molar-refractivity contribution in [1.29, 1.82) is 0 Å². The highest BCUT2D eigenvalue weighted by Crippen LogP contribution is 2.29. The van der Waals surface area contributed by atoms with Crippen molar-refractivity contribution in [2.24, 2.45) is 5.92 Å². The van der Waals surface area contributed by atoms with E-state index in [1.807, 2.05) is 0 Å². The summed E-state index contributed by atoms with van der Waals surface area (Å²) in [6.45, 7) is 2.55. The number of nitrogen functional groups attached to an aromatic ring is 1. The molecule has 0 radical (unpaired) electrons. The SMILES string of the molecule is Cc1c(N)cc(S(=O)(=O)N2CCCC(CO)C2)cc1Cl. The van der Waals surface area contributed by atoms with Crippen LogP contribution in [0.5, 0.6) is 0 Å². The van der Waals surface area contributed by atoms with E-state index in [9.17, 15) is 13.5 Å². The lowest BCUT2D eigenvalue weighted by atomic mass is 10.0. The number of halogens is 1. The Morgan fingerprint density at radius 3 is 2.80 bits per heavy atom. The topological polar surface area (TPSA) is 83.6 Å². The Balaban J connectivity index is 2.35. The molecule has 7 heteroatoms. The number of hydrogen-bond donors (Lipinski definition) is 2. The van der Waals surface area contributed by atoms with Gasteiger partial charge in [0.1, 0.15) is 0 Å². The van der Waals surface area contributed by atoms with E-state index in [-0.39, 0.29) is 17.4 Å². The minimum Gasteiger partial charge on any atom is -0.398 e. The van der Waals surface area contributed by atoms with Crippen LogP contribution in [0.2, 0.25) is 5.02 Å². The molecule has 0 amide bonds. The number of piperidine rings is 1. The van der Waals surface area contributed by atoms with Crippen LogP contribution in [-0.4, -0.2) is 37.5 Å². The Morgan fingerprint density at radius 2 is 2.20 bits per heavy atom. The van der Waals surface area contributed by atoms with Gasteiger partial charge in [0.2, 0.25) is 10.0 Å². The first-order valence-electron chi connectivity index (χ1n) is 6.53. The second-order valence-electron chi connectivity index (χ2n) is 5.17. The molecule has 1 aliphatic rings. The molecule has 1 atom stereocenters. The molecule has 1 unspecified atom stereocenters. The minimum atomic E-state index is -3.61. The molecule has 5 nitrogen and oxygen atoms in total. The molecule has 0 aromatic heterocycles. The maximum atomic E-state index is 12.6. The van der Waals surface area contributed by atoms with Gasteiger partial charge in [-0.3, -0.25) is 0 Å². The number of rotatable bonds is 3. The van der Waals surface area contributed by atoms with E-state index < -0.39 is 10.0 Å². The van der Waals surface area contributed by atoms with Crippen LogP contribution in [0.1, 0.15) is 18.4 Å². The van der Waals surface area contributed by atoms with E-state index >= 15 is 0 Å². The molecule has 1 aliphatic heterocycles. The summed E-state index contributed by atoms with van der Waals surface area (Å²) >= 11 is 6.02. The van der Waals surface area contributed by atoms with Crippen LogP contribution in [0.4, 0.5) is 5.69 Å². The van der Waals surface area contributed by atoms with E-state index in [1.54, 1.807) is 6.92 Å². The van der Waals surface area contributed by atoms with Crippen molar-refractivity contribution in [3.8, 4) is 0 Å². The lowest BCUT2D eigenvalue weighted by Gasteiger charge is -2.31. The summed E-state index contributed by atoms with van der Waals surface area (Å²) < 4.78 is 26.6. The smallest absolute Gasteiger partial charge is 0.243 e. The third-order valence-electron chi connectivity index (χ3n) is 3.74. The molecule has 1 aromatic carbocycles. The number of aliphatic hydroxyl groups excluding tert-OH is 1. The van der Waals surface area contributed by atoms with Crippen LogP contribution in [-0.2, 0) is 10.0 Å². The van der Waals surface area contributed by atoms with Gasteiger partial charge in [0.25, 0.3) is 0 Å². The Labute approximate surface area is 124 Å². The van der Waals surface area contributed by atoms with E-state index in [1.165, 1.54) is 16.4 Å². The molecular weight excluding hydrogens is 300 g/mol. The van der Waals surface area contributed by atoms with E-state index in [4.69, 9.17) is 17.3 Å². The maximum Gasteiger partial charge on any atom is 0.243 e. The zero-order chi connectivity index (χ0) is 14.9. The molecule has 112 valence electrons. The first-order valence-corrected chi connectivity index (χ1v) is 8.34. The zero-order valence-electron chi connectivity index (χ0n) is 11.3. The van der Waals surface area contributed by atoms with Crippen LogP contribution < -0.4 is 5.73 Å². The predicted molar refractivity (Wildman–Crippen MR) is 79.2 cm³/mol. The highest BCUT2D eigenvalue weighted by molar-refractivity contribution is 7.89. The van der Waals surface area contributed by atoms with Gasteiger partial charge >= 0.3 is 0 Å². The standard InChI is InChI=1S/C13H19ClN2O3S/c1-9-12(14)5-11(6-13(9)15)20(18,19)16-4-2-3-10(7-16)8-17/h5-6,10,17H,2-4,7-8,15H2,1H3. The lowest BCUT2D eigenvalue weighted by Crippen LogP contribution is -2.40. The van der Waals surface area contributed by atoms with Gasteiger partial charge in [-0.1, -0.05) is 11.6 Å². The van der Waals surface area contributed by atoms with Crippen molar-refractivity contribution in [1.82, 2.24) is 4.31 Å². The maximum absolute atomic E-state index is 12.6. The third-order valence-corrected chi connectivity index (χ3v) is 5.97. The van der Waals surface area contributed by atoms with Crippen LogP contribution in [0, 0.1) is 12.8 Å². The number of anilines is 1. The molecule has 3 N–H and O–H groups in total. The summed E-state index contributed by atoms with van der Waals surface area (Å²) in [5, 5.41) is 9.55. The van der Waals surface area contributed by atoms with Gasteiger partial charge in [-0.2, -0.15) is 4.31 Å². The van der Waals surface area contributed by atoms with Crippen molar-refractivity contribution in [3.63, 3.8) is 0 Å². The fraction of sp³-hybridized carbons (Fsp3) is 0.538. The summed E-state index contributed by atoms with van der Waals surface area (Å²) in [6, 6.07) is 2.88. The van der Waals surface area contributed by atoms with Crippen molar-refractivity contribution in [3.05, 3.63) is 22.7 Å². The van der Waals surface area contributed by atoms with Crippen LogP contribution in [0.3, 0.4) is 0 Å². The Kier molecular flexibility index (Phi) is 4.59. The fourth-order valence-corrected chi connectivity index (χ4v) is 4.28. The molecule has 0 bridgehead atoms. The van der Waals surface area contributed by atoms with Crippen LogP contribution in [0.15, 0.2) is 17.0 Å². The van der Waals surface area contributed by atoms with Crippen LogP contribution in [0.25, 0.3) is 0 Å². The highest BCUT2D eigenvalue weighted by Gasteiger charge is 2.30. The normalized spacial score (nSPS) is 21.1. The average molecular weight is 319 g/mol. The van der Waals surface area contributed by atoms with Gasteiger partial charge in [0.05, 0.1) is 4.90 Å². The van der Waals surface area contributed by atoms with Crippen molar-refractivity contribution < 1.29 is 13.5 Å². The van der Waals surface area contributed by atoms with Crippen molar-refractivity contribution >= 4 is 27.3 Å². The quantitative estimate of drug-likeness (QED) is 0.830. The monoisotopic (exact) mass is 318 g/mol. The zero-order valence-corrected chi connectivity index (χ0v) is 12.9. The first kappa shape index (κ1) is 15.6. The summed E-state index contributed by atoms with van der Waals surface area (Å²) in [4.78, 5) is 0.115. The Morgan fingerprint density at radius 1 is 1.50 bits per heavy atom.